The van der Waals surface area contributed by atoms with Crippen molar-refractivity contribution in [3.8, 4) is 0 Å². The topological polar surface area (TPSA) is 3.24 Å². The lowest BCUT2D eigenvalue weighted by molar-refractivity contribution is 0.0941. The molecular formula is C9H19N. The van der Waals surface area contributed by atoms with Crippen LogP contribution in [0.4, 0.5) is 0 Å². The fourth-order valence-electron chi connectivity index (χ4n) is 1.77. The molecule has 1 nitrogen and oxygen atoms in total. The molecule has 0 aliphatic carbocycles. The number of hydrogen-bond acceptors (Lipinski definition) is 1. The van der Waals surface area contributed by atoms with Crippen LogP contribution in [0.25, 0.3) is 0 Å². The summed E-state index contributed by atoms with van der Waals surface area (Å²) in [6.45, 7) is 8.61. The summed E-state index contributed by atoms with van der Waals surface area (Å²) in [5.41, 5.74) is 0. The molecule has 0 spiro atoms. The van der Waals surface area contributed by atoms with Crippen molar-refractivity contribution in [2.24, 2.45) is 5.92 Å². The molecule has 10 heavy (non-hydrogen) atoms. The average molecular weight is 141 g/mol. The van der Waals surface area contributed by atoms with E-state index in [2.05, 4.69) is 18.7 Å². The average Bonchev–Trinajstić information content (AvgIpc) is 1.84. The van der Waals surface area contributed by atoms with E-state index in [1.165, 1.54) is 38.9 Å². The van der Waals surface area contributed by atoms with Gasteiger partial charge in [0.15, 0.2) is 0 Å². The molecule has 0 saturated carbocycles. The molecule has 0 unspecified atom stereocenters. The zero-order valence-electron chi connectivity index (χ0n) is 7.27. The van der Waals surface area contributed by atoms with Crippen LogP contribution in [0.5, 0.6) is 0 Å². The van der Waals surface area contributed by atoms with Gasteiger partial charge in [-0.2, -0.15) is 0 Å². The van der Waals surface area contributed by atoms with Crippen LogP contribution < -0.4 is 0 Å². The van der Waals surface area contributed by atoms with Crippen molar-refractivity contribution in [1.29, 1.82) is 0 Å². The van der Waals surface area contributed by atoms with Gasteiger partial charge in [0.2, 0.25) is 0 Å². The van der Waals surface area contributed by atoms with Gasteiger partial charge in [-0.25, -0.2) is 0 Å². The van der Waals surface area contributed by atoms with Gasteiger partial charge in [0.1, 0.15) is 0 Å². The molecule has 1 rings (SSSR count). The maximum Gasteiger partial charge on any atom is 0.00220 e. The van der Waals surface area contributed by atoms with Crippen LogP contribution in [0.15, 0.2) is 0 Å². The molecule has 1 aliphatic heterocycles. The maximum absolute atomic E-state index is 2.56. The Morgan fingerprint density at radius 3 is 2.40 bits per heavy atom. The van der Waals surface area contributed by atoms with E-state index >= 15 is 0 Å². The second-order valence-corrected chi connectivity index (χ2v) is 3.41. The van der Waals surface area contributed by atoms with Crippen LogP contribution >= 0.6 is 0 Å². The molecule has 60 valence electrons. The molecule has 0 amide bonds. The van der Waals surface area contributed by atoms with Crippen molar-refractivity contribution >= 4 is 0 Å². The normalized spacial score (nSPS) is 21.0. The lowest BCUT2D eigenvalue weighted by atomic mass is 9.95. The monoisotopic (exact) mass is 141 g/mol. The molecule has 0 atom stereocenters. The molecule has 1 heteroatoms. The molecule has 1 fully saturated rings. The van der Waals surface area contributed by atoms with Crippen LogP contribution in [-0.2, 0) is 0 Å². The summed E-state index contributed by atoms with van der Waals surface area (Å²) in [6.07, 6.45) is 4.13. The summed E-state index contributed by atoms with van der Waals surface area (Å²) in [5, 5.41) is 0. The summed E-state index contributed by atoms with van der Waals surface area (Å²) in [4.78, 5) is 2.56. The lowest BCUT2D eigenvalue weighted by Gasteiger charge is -2.39. The second kappa shape index (κ2) is 3.97. The van der Waals surface area contributed by atoms with Crippen LogP contribution in [0.1, 0.15) is 33.1 Å². The zero-order valence-corrected chi connectivity index (χ0v) is 7.27. The minimum Gasteiger partial charge on any atom is -0.303 e. The number of nitrogens with zero attached hydrogens (tertiary/aromatic N) is 1. The van der Waals surface area contributed by atoms with Gasteiger partial charge in [-0.15, -0.1) is 0 Å². The Hall–Kier alpha value is -0.0400. The van der Waals surface area contributed by atoms with Crippen LogP contribution in [0.3, 0.4) is 0 Å². The molecule has 1 heterocycles. The van der Waals surface area contributed by atoms with Crippen molar-refractivity contribution in [2.45, 2.75) is 33.1 Å². The van der Waals surface area contributed by atoms with Crippen molar-refractivity contribution in [3.05, 3.63) is 0 Å². The summed E-state index contributed by atoms with van der Waals surface area (Å²) in [6, 6.07) is 0. The van der Waals surface area contributed by atoms with Gasteiger partial charge in [-0.05, 0) is 25.3 Å². The van der Waals surface area contributed by atoms with E-state index in [0.717, 1.165) is 5.92 Å². The standard InChI is InChI=1S/C9H19N/c1-3-5-9-7-10(8-9)6-4-2/h9H,3-8H2,1-2H3. The van der Waals surface area contributed by atoms with Crippen molar-refractivity contribution in [1.82, 2.24) is 4.90 Å². The first kappa shape index (κ1) is 8.06. The maximum atomic E-state index is 2.56. The van der Waals surface area contributed by atoms with Crippen molar-refractivity contribution < 1.29 is 0 Å². The first-order chi connectivity index (χ1) is 4.86. The van der Waals surface area contributed by atoms with Gasteiger partial charge < -0.3 is 4.90 Å². The highest BCUT2D eigenvalue weighted by Crippen LogP contribution is 2.19. The first-order valence-corrected chi connectivity index (χ1v) is 4.59. The minimum absolute atomic E-state index is 1.04. The molecule has 1 saturated heterocycles. The molecule has 0 aromatic carbocycles. The minimum atomic E-state index is 1.04. The van der Waals surface area contributed by atoms with Gasteiger partial charge in [0, 0.05) is 13.1 Å². The van der Waals surface area contributed by atoms with Crippen molar-refractivity contribution in [2.75, 3.05) is 19.6 Å². The summed E-state index contributed by atoms with van der Waals surface area (Å²) in [5.74, 6) is 1.04. The van der Waals surface area contributed by atoms with E-state index in [1.54, 1.807) is 0 Å². The SMILES string of the molecule is CCCC1CN(CCC)C1. The Morgan fingerprint density at radius 1 is 1.20 bits per heavy atom. The Kier molecular flexibility index (Phi) is 3.20. The lowest BCUT2D eigenvalue weighted by Crippen LogP contribution is -2.46. The van der Waals surface area contributed by atoms with E-state index in [0.29, 0.717) is 0 Å². The van der Waals surface area contributed by atoms with Gasteiger partial charge in [-0.3, -0.25) is 0 Å². The number of hydrogen-bond donors (Lipinski definition) is 0. The first-order valence-electron chi connectivity index (χ1n) is 4.59. The Balaban J connectivity index is 1.95. The molecule has 0 bridgehead atoms. The predicted octanol–water partition coefficient (Wildman–Crippen LogP) is 2.13. The third kappa shape index (κ3) is 1.98. The number of rotatable bonds is 4. The highest BCUT2D eigenvalue weighted by Gasteiger charge is 2.23. The third-order valence-electron chi connectivity index (χ3n) is 2.27. The largest absolute Gasteiger partial charge is 0.303 e. The molecule has 1 aliphatic rings. The molecular weight excluding hydrogens is 122 g/mol. The van der Waals surface area contributed by atoms with Crippen molar-refractivity contribution in [3.63, 3.8) is 0 Å². The summed E-state index contributed by atoms with van der Waals surface area (Å²) >= 11 is 0. The fraction of sp³-hybridized carbons (Fsp3) is 1.00. The van der Waals surface area contributed by atoms with Crippen LogP contribution in [-0.4, -0.2) is 24.5 Å². The molecule has 0 aromatic rings. The summed E-state index contributed by atoms with van der Waals surface area (Å²) in [7, 11) is 0. The van der Waals surface area contributed by atoms with E-state index in [1.807, 2.05) is 0 Å². The van der Waals surface area contributed by atoms with E-state index in [4.69, 9.17) is 0 Å². The van der Waals surface area contributed by atoms with Crippen LogP contribution in [0.2, 0.25) is 0 Å². The molecule has 0 N–H and O–H groups in total. The summed E-state index contributed by atoms with van der Waals surface area (Å²) < 4.78 is 0. The van der Waals surface area contributed by atoms with Gasteiger partial charge in [-0.1, -0.05) is 20.3 Å². The Bertz CT molecular complexity index is 74.7. The predicted molar refractivity (Wildman–Crippen MR) is 45.1 cm³/mol. The number of likely N-dealkylation sites (tertiary alicyclic amines) is 1. The molecule has 0 aromatic heterocycles. The third-order valence-corrected chi connectivity index (χ3v) is 2.27. The van der Waals surface area contributed by atoms with Gasteiger partial charge in [0.05, 0.1) is 0 Å². The van der Waals surface area contributed by atoms with Gasteiger partial charge in [0.25, 0.3) is 0 Å². The fourth-order valence-corrected chi connectivity index (χ4v) is 1.77. The highest BCUT2D eigenvalue weighted by atomic mass is 15.2. The van der Waals surface area contributed by atoms with Crippen LogP contribution in [0, 0.1) is 5.92 Å². The Morgan fingerprint density at radius 2 is 1.90 bits per heavy atom. The van der Waals surface area contributed by atoms with E-state index in [-0.39, 0.29) is 0 Å². The molecule has 0 radical (unpaired) electrons. The Labute approximate surface area is 64.4 Å². The quantitative estimate of drug-likeness (QED) is 0.579. The zero-order chi connectivity index (χ0) is 7.40. The van der Waals surface area contributed by atoms with E-state index in [9.17, 15) is 0 Å². The van der Waals surface area contributed by atoms with Gasteiger partial charge >= 0.3 is 0 Å². The highest BCUT2D eigenvalue weighted by molar-refractivity contribution is 4.78. The second-order valence-electron chi connectivity index (χ2n) is 3.41. The van der Waals surface area contributed by atoms with E-state index < -0.39 is 0 Å². The smallest absolute Gasteiger partial charge is 0.00220 e.